The molecule has 0 aliphatic carbocycles. The molecule has 0 aromatic rings. The van der Waals surface area contributed by atoms with Crippen molar-refractivity contribution in [2.75, 3.05) is 13.1 Å². The van der Waals surface area contributed by atoms with Crippen molar-refractivity contribution in [1.29, 1.82) is 0 Å². The fraction of sp³-hybridized carbons (Fsp3) is 0.886. The Balaban J connectivity index is 2.20. The molecule has 0 saturated carbocycles. The van der Waals surface area contributed by atoms with Crippen LogP contribution in [0, 0.1) is 0 Å². The molecule has 1 atom stereocenters. The smallest absolute Gasteiger partial charge is 0.309 e. The Kier molecular flexibility index (Phi) is 23.6. The first kappa shape index (κ1) is 37.6. The van der Waals surface area contributed by atoms with Gasteiger partial charge in [0.1, 0.15) is 13.1 Å². The van der Waals surface area contributed by atoms with Gasteiger partial charge in [0.15, 0.2) is 0 Å². The van der Waals surface area contributed by atoms with Crippen LogP contribution in [0.4, 0.5) is 0 Å². The Morgan fingerprint density at radius 2 is 1.18 bits per heavy atom. The lowest BCUT2D eigenvalue weighted by atomic mass is 10.1. The Labute approximate surface area is 263 Å². The standard InChI is InChI=1S/C35H66IN2O2/c1-4-6-8-10-12-14-16-17-18-19-20-22-24-26-28-30-34(39)37-31-32-38(35(3,36)40)33(37)29-27-25-23-21-15-13-11-9-7-5-2/h17-18,40H,4-16,19-32H2,1-3H3/q+1. The highest BCUT2D eigenvalue weighted by molar-refractivity contribution is 14.1. The number of halogens is 1. The number of aliphatic hydroxyl groups is 1. The van der Waals surface area contributed by atoms with Crippen LogP contribution in [0.3, 0.4) is 0 Å². The summed E-state index contributed by atoms with van der Waals surface area (Å²) in [5.41, 5.74) is 0. The Hall–Kier alpha value is -0.430. The van der Waals surface area contributed by atoms with Crippen LogP contribution in [0.2, 0.25) is 0 Å². The van der Waals surface area contributed by atoms with Crippen LogP contribution >= 0.6 is 22.6 Å². The first-order valence-corrected chi connectivity index (χ1v) is 18.5. The molecule has 0 saturated heterocycles. The molecule has 1 heterocycles. The third-order valence-electron chi connectivity index (χ3n) is 8.37. The summed E-state index contributed by atoms with van der Waals surface area (Å²) in [7, 11) is 0. The maximum atomic E-state index is 13.1. The largest absolute Gasteiger partial charge is 0.345 e. The van der Waals surface area contributed by atoms with Crippen molar-refractivity contribution in [3.05, 3.63) is 12.2 Å². The van der Waals surface area contributed by atoms with E-state index in [2.05, 4.69) is 53.2 Å². The summed E-state index contributed by atoms with van der Waals surface area (Å²) >= 11 is 2.10. The topological polar surface area (TPSA) is 43.5 Å². The zero-order valence-electron chi connectivity index (χ0n) is 26.9. The van der Waals surface area contributed by atoms with E-state index in [1.54, 1.807) is 0 Å². The lowest BCUT2D eigenvalue weighted by Gasteiger charge is -2.18. The van der Waals surface area contributed by atoms with Gasteiger partial charge >= 0.3 is 5.91 Å². The van der Waals surface area contributed by atoms with Gasteiger partial charge in [0.25, 0.3) is 9.57 Å². The number of alkyl halides is 1. The van der Waals surface area contributed by atoms with E-state index in [1.807, 2.05) is 11.8 Å². The predicted molar refractivity (Wildman–Crippen MR) is 182 cm³/mol. The molecule has 0 aromatic carbocycles. The molecule has 1 aliphatic rings. The molecule has 1 aliphatic heterocycles. The average molecular weight is 674 g/mol. The quantitative estimate of drug-likeness (QED) is 0.0236. The molecule has 0 fully saturated rings. The summed E-state index contributed by atoms with van der Waals surface area (Å²) in [5.74, 6) is 1.31. The highest BCUT2D eigenvalue weighted by atomic mass is 127. The van der Waals surface area contributed by atoms with Crippen LogP contribution in [0.15, 0.2) is 12.2 Å². The summed E-state index contributed by atoms with van der Waals surface area (Å²) in [6.07, 6.45) is 36.0. The first-order valence-electron chi connectivity index (χ1n) is 17.4. The van der Waals surface area contributed by atoms with E-state index in [-0.39, 0.29) is 5.91 Å². The van der Waals surface area contributed by atoms with E-state index in [1.165, 1.54) is 128 Å². The van der Waals surface area contributed by atoms with Crippen molar-refractivity contribution in [1.82, 2.24) is 4.90 Å². The monoisotopic (exact) mass is 673 g/mol. The molecule has 0 bridgehead atoms. The average Bonchev–Trinajstić information content (AvgIpc) is 3.36. The number of amidine groups is 1. The molecule has 4 nitrogen and oxygen atoms in total. The summed E-state index contributed by atoms with van der Waals surface area (Å²) in [5, 5.41) is 10.7. The molecular weight excluding hydrogens is 607 g/mol. The lowest BCUT2D eigenvalue weighted by molar-refractivity contribution is -0.606. The van der Waals surface area contributed by atoms with Crippen LogP contribution in [-0.4, -0.2) is 43.1 Å². The zero-order valence-corrected chi connectivity index (χ0v) is 29.0. The second kappa shape index (κ2) is 25.1. The maximum Gasteiger partial charge on any atom is 0.309 e. The van der Waals surface area contributed by atoms with E-state index < -0.39 is 3.73 Å². The summed E-state index contributed by atoms with van der Waals surface area (Å²) in [6, 6.07) is 0. The SMILES string of the molecule is CCCCCCCCC=CCCCCCCCC(=O)N1CC[N+](C(C)(O)I)=C1CCCCCCCCCCCC. The minimum atomic E-state index is -0.941. The van der Waals surface area contributed by atoms with Crippen LogP contribution < -0.4 is 0 Å². The number of rotatable bonds is 27. The van der Waals surface area contributed by atoms with Crippen molar-refractivity contribution >= 4 is 34.3 Å². The van der Waals surface area contributed by atoms with E-state index in [9.17, 15) is 9.90 Å². The molecule has 40 heavy (non-hydrogen) atoms. The van der Waals surface area contributed by atoms with Gasteiger partial charge in [-0.05, 0) is 38.5 Å². The normalized spacial score (nSPS) is 15.5. The third kappa shape index (κ3) is 18.9. The number of amides is 1. The number of unbranched alkanes of at least 4 members (excludes halogenated alkanes) is 20. The molecule has 5 heteroatoms. The minimum Gasteiger partial charge on any atom is -0.345 e. The lowest BCUT2D eigenvalue weighted by Crippen LogP contribution is -2.39. The number of allylic oxidation sites excluding steroid dienone is 2. The molecule has 0 spiro atoms. The number of carbonyl (C=O) groups is 1. The molecular formula is C35H66IN2O2+. The molecule has 234 valence electrons. The number of hydrogen-bond acceptors (Lipinski definition) is 2. The van der Waals surface area contributed by atoms with Crippen molar-refractivity contribution in [2.24, 2.45) is 0 Å². The van der Waals surface area contributed by atoms with Crippen LogP contribution in [0.25, 0.3) is 0 Å². The molecule has 1 N–H and O–H groups in total. The molecule has 1 rings (SSSR count). The Bertz CT molecular complexity index is 683. The number of nitrogens with zero attached hydrogens (tertiary/aromatic N) is 2. The summed E-state index contributed by atoms with van der Waals surface area (Å²) in [4.78, 5) is 15.1. The highest BCUT2D eigenvalue weighted by Crippen LogP contribution is 2.23. The van der Waals surface area contributed by atoms with Crippen molar-refractivity contribution in [2.45, 2.75) is 185 Å². The Morgan fingerprint density at radius 3 is 1.65 bits per heavy atom. The van der Waals surface area contributed by atoms with Crippen LogP contribution in [0.1, 0.15) is 181 Å². The maximum absolute atomic E-state index is 13.1. The zero-order chi connectivity index (χ0) is 29.3. The van der Waals surface area contributed by atoms with Crippen LogP contribution in [0.5, 0.6) is 0 Å². The van der Waals surface area contributed by atoms with Gasteiger partial charge in [-0.1, -0.05) is 135 Å². The molecule has 0 aromatic heterocycles. The number of hydrogen-bond donors (Lipinski definition) is 1. The van der Waals surface area contributed by atoms with Gasteiger partial charge in [-0.15, -0.1) is 0 Å². The fourth-order valence-electron chi connectivity index (χ4n) is 5.83. The minimum absolute atomic E-state index is 0.253. The van der Waals surface area contributed by atoms with Gasteiger partial charge in [0, 0.05) is 42.4 Å². The molecule has 0 radical (unpaired) electrons. The van der Waals surface area contributed by atoms with E-state index in [0.717, 1.165) is 44.6 Å². The van der Waals surface area contributed by atoms with Gasteiger partial charge in [-0.2, -0.15) is 4.90 Å². The van der Waals surface area contributed by atoms with Gasteiger partial charge < -0.3 is 5.11 Å². The summed E-state index contributed by atoms with van der Waals surface area (Å²) < 4.78 is 1.11. The van der Waals surface area contributed by atoms with Gasteiger partial charge in [0.2, 0.25) is 0 Å². The fourth-order valence-corrected chi connectivity index (χ4v) is 6.35. The van der Waals surface area contributed by atoms with E-state index in [4.69, 9.17) is 0 Å². The van der Waals surface area contributed by atoms with Gasteiger partial charge in [-0.25, -0.2) is 9.37 Å². The van der Waals surface area contributed by atoms with Crippen molar-refractivity contribution < 1.29 is 14.5 Å². The van der Waals surface area contributed by atoms with Gasteiger partial charge in [-0.3, -0.25) is 0 Å². The molecule has 1 unspecified atom stereocenters. The highest BCUT2D eigenvalue weighted by Gasteiger charge is 2.41. The first-order chi connectivity index (χ1) is 19.4. The third-order valence-corrected chi connectivity index (χ3v) is 8.95. The predicted octanol–water partition coefficient (Wildman–Crippen LogP) is 10.7. The number of carbonyl (C=O) groups excluding carboxylic acids is 1. The van der Waals surface area contributed by atoms with Crippen molar-refractivity contribution in [3.8, 4) is 0 Å². The second-order valence-electron chi connectivity index (χ2n) is 12.3. The Morgan fingerprint density at radius 1 is 0.750 bits per heavy atom. The summed E-state index contributed by atoms with van der Waals surface area (Å²) in [6.45, 7) is 7.84. The second-order valence-corrected chi connectivity index (χ2v) is 14.3. The molecule has 1 amide bonds. The van der Waals surface area contributed by atoms with E-state index in [0.29, 0.717) is 6.42 Å². The van der Waals surface area contributed by atoms with Crippen molar-refractivity contribution in [3.63, 3.8) is 0 Å². The van der Waals surface area contributed by atoms with E-state index >= 15 is 0 Å². The van der Waals surface area contributed by atoms with Gasteiger partial charge in [0.05, 0.1) is 0 Å². The van der Waals surface area contributed by atoms with Crippen LogP contribution in [-0.2, 0) is 4.79 Å².